The maximum Gasteiger partial charge on any atom is 0.330 e. The average molecular weight is 306 g/mol. The minimum absolute atomic E-state index is 0.328. The van der Waals surface area contributed by atoms with Crippen LogP contribution < -0.4 is 5.56 Å². The minimum atomic E-state index is -0.732. The Balaban J connectivity index is 2.81. The molecule has 0 aromatic carbocycles. The third-order valence-corrected chi connectivity index (χ3v) is 3.62. The van der Waals surface area contributed by atoms with Crippen LogP contribution in [0.15, 0.2) is 11.0 Å². The zero-order valence-electron chi connectivity index (χ0n) is 13.9. The summed E-state index contributed by atoms with van der Waals surface area (Å²) in [7, 11) is 1.31. The normalized spacial score (nSPS) is 13.4. The molecule has 0 aliphatic rings. The molecule has 0 aliphatic heterocycles. The van der Waals surface area contributed by atoms with E-state index in [4.69, 9.17) is 4.74 Å². The molecule has 120 valence electrons. The number of methoxy groups -OCH3 is 1. The van der Waals surface area contributed by atoms with Crippen LogP contribution in [0.3, 0.4) is 0 Å². The Kier molecular flexibility index (Phi) is 4.08. The maximum absolute atomic E-state index is 12.9. The van der Waals surface area contributed by atoms with Crippen LogP contribution in [0.25, 0.3) is 10.9 Å². The van der Waals surface area contributed by atoms with Gasteiger partial charge in [-0.2, -0.15) is 10.2 Å². The zero-order chi connectivity index (χ0) is 16.7. The molecule has 2 rings (SSSR count). The SMILES string of the molecule is CCC(C(=O)OC)n1nc(C)c2cnn(C(C)(C)C)c2c1=O. The molecular weight excluding hydrogens is 284 g/mol. The van der Waals surface area contributed by atoms with Gasteiger partial charge in [0.15, 0.2) is 6.04 Å². The highest BCUT2D eigenvalue weighted by atomic mass is 16.5. The van der Waals surface area contributed by atoms with E-state index >= 15 is 0 Å². The number of fused-ring (bicyclic) bond motifs is 1. The lowest BCUT2D eigenvalue weighted by molar-refractivity contribution is -0.145. The topological polar surface area (TPSA) is 79.0 Å². The van der Waals surface area contributed by atoms with Crippen molar-refractivity contribution in [1.82, 2.24) is 19.6 Å². The first-order chi connectivity index (χ1) is 10.2. The number of rotatable bonds is 3. The fraction of sp³-hybridized carbons (Fsp3) is 0.600. The Morgan fingerprint density at radius 2 is 2.05 bits per heavy atom. The number of hydrogen-bond acceptors (Lipinski definition) is 5. The van der Waals surface area contributed by atoms with Gasteiger partial charge in [-0.25, -0.2) is 9.48 Å². The molecule has 0 radical (unpaired) electrons. The standard InChI is InChI=1S/C15H22N4O3/c1-7-11(14(21)22-6)18-13(20)12-10(9(2)17-18)8-16-19(12)15(3,4)5/h8,11H,7H2,1-6H3. The van der Waals surface area contributed by atoms with Gasteiger partial charge in [-0.15, -0.1) is 0 Å². The fourth-order valence-corrected chi connectivity index (χ4v) is 2.48. The van der Waals surface area contributed by atoms with Gasteiger partial charge < -0.3 is 4.74 Å². The monoisotopic (exact) mass is 306 g/mol. The summed E-state index contributed by atoms with van der Waals surface area (Å²) in [6.45, 7) is 9.52. The van der Waals surface area contributed by atoms with Crippen molar-refractivity contribution >= 4 is 16.9 Å². The number of ether oxygens (including phenoxy) is 1. The number of carbonyl (C=O) groups excluding carboxylic acids is 1. The van der Waals surface area contributed by atoms with Crippen LogP contribution in [-0.2, 0) is 15.1 Å². The predicted molar refractivity (Wildman–Crippen MR) is 82.9 cm³/mol. The molecule has 2 heterocycles. The van der Waals surface area contributed by atoms with E-state index in [9.17, 15) is 9.59 Å². The molecule has 0 amide bonds. The van der Waals surface area contributed by atoms with Crippen molar-refractivity contribution in [3.63, 3.8) is 0 Å². The Hall–Kier alpha value is -2.18. The van der Waals surface area contributed by atoms with Gasteiger partial charge in [-0.1, -0.05) is 6.92 Å². The summed E-state index contributed by atoms with van der Waals surface area (Å²) in [5.41, 5.74) is 0.444. The van der Waals surface area contributed by atoms with Crippen LogP contribution in [0.4, 0.5) is 0 Å². The van der Waals surface area contributed by atoms with Gasteiger partial charge in [0.2, 0.25) is 0 Å². The fourth-order valence-electron chi connectivity index (χ4n) is 2.48. The van der Waals surface area contributed by atoms with Gasteiger partial charge in [0.1, 0.15) is 5.52 Å². The van der Waals surface area contributed by atoms with Crippen LogP contribution in [-0.4, -0.2) is 32.6 Å². The lowest BCUT2D eigenvalue weighted by Crippen LogP contribution is -2.35. The summed E-state index contributed by atoms with van der Waals surface area (Å²) in [6.07, 6.45) is 2.07. The summed E-state index contributed by atoms with van der Waals surface area (Å²) < 4.78 is 7.68. The van der Waals surface area contributed by atoms with E-state index in [1.54, 1.807) is 17.8 Å². The second-order valence-electron chi connectivity index (χ2n) is 6.27. The molecule has 0 spiro atoms. The molecule has 2 aromatic rings. The van der Waals surface area contributed by atoms with E-state index in [0.717, 1.165) is 0 Å². The van der Waals surface area contributed by atoms with Crippen molar-refractivity contribution in [3.8, 4) is 0 Å². The minimum Gasteiger partial charge on any atom is -0.467 e. The first kappa shape index (κ1) is 16.2. The van der Waals surface area contributed by atoms with E-state index in [-0.39, 0.29) is 11.1 Å². The summed E-state index contributed by atoms with van der Waals surface area (Å²) >= 11 is 0. The molecule has 0 fully saturated rings. The molecule has 7 nitrogen and oxygen atoms in total. The van der Waals surface area contributed by atoms with Gasteiger partial charge in [0.25, 0.3) is 5.56 Å². The summed E-state index contributed by atoms with van der Waals surface area (Å²) in [5.74, 6) is -0.474. The van der Waals surface area contributed by atoms with Crippen molar-refractivity contribution in [2.45, 2.75) is 52.6 Å². The number of carbonyl (C=O) groups is 1. The second-order valence-corrected chi connectivity index (χ2v) is 6.27. The van der Waals surface area contributed by atoms with E-state index in [2.05, 4.69) is 10.2 Å². The molecular formula is C15H22N4O3. The van der Waals surface area contributed by atoms with Crippen molar-refractivity contribution in [1.29, 1.82) is 0 Å². The number of nitrogens with zero attached hydrogens (tertiary/aromatic N) is 4. The van der Waals surface area contributed by atoms with Crippen LogP contribution >= 0.6 is 0 Å². The Bertz CT molecular complexity index is 767. The van der Waals surface area contributed by atoms with Crippen LogP contribution in [0, 0.1) is 6.92 Å². The Morgan fingerprint density at radius 3 is 2.55 bits per heavy atom. The van der Waals surface area contributed by atoms with Gasteiger partial charge in [0.05, 0.1) is 24.5 Å². The van der Waals surface area contributed by atoms with E-state index in [1.165, 1.54) is 11.8 Å². The average Bonchev–Trinajstić information content (AvgIpc) is 2.90. The summed E-state index contributed by atoms with van der Waals surface area (Å²) in [4.78, 5) is 24.8. The molecule has 0 saturated carbocycles. The third-order valence-electron chi connectivity index (χ3n) is 3.62. The molecule has 2 aromatic heterocycles. The highest BCUT2D eigenvalue weighted by molar-refractivity contribution is 5.80. The van der Waals surface area contributed by atoms with Crippen LogP contribution in [0.2, 0.25) is 0 Å². The summed E-state index contributed by atoms with van der Waals surface area (Å²) in [5, 5.41) is 9.32. The van der Waals surface area contributed by atoms with E-state index in [1.807, 2.05) is 27.7 Å². The van der Waals surface area contributed by atoms with Gasteiger partial charge >= 0.3 is 5.97 Å². The van der Waals surface area contributed by atoms with Crippen molar-refractivity contribution in [2.75, 3.05) is 7.11 Å². The molecule has 1 atom stereocenters. The second kappa shape index (κ2) is 5.55. The Morgan fingerprint density at radius 1 is 1.41 bits per heavy atom. The molecule has 0 saturated heterocycles. The van der Waals surface area contributed by atoms with E-state index < -0.39 is 12.0 Å². The number of hydrogen-bond donors (Lipinski definition) is 0. The number of aromatic nitrogens is 4. The highest BCUT2D eigenvalue weighted by Gasteiger charge is 2.26. The van der Waals surface area contributed by atoms with Gasteiger partial charge in [0, 0.05) is 5.39 Å². The van der Waals surface area contributed by atoms with Gasteiger partial charge in [-0.05, 0) is 34.1 Å². The number of esters is 1. The van der Waals surface area contributed by atoms with Crippen LogP contribution in [0.5, 0.6) is 0 Å². The zero-order valence-corrected chi connectivity index (χ0v) is 13.9. The quantitative estimate of drug-likeness (QED) is 0.808. The van der Waals surface area contributed by atoms with E-state index in [0.29, 0.717) is 23.0 Å². The molecule has 22 heavy (non-hydrogen) atoms. The van der Waals surface area contributed by atoms with Gasteiger partial charge in [-0.3, -0.25) is 9.48 Å². The molecule has 7 heteroatoms. The lowest BCUT2D eigenvalue weighted by atomic mass is 10.1. The lowest BCUT2D eigenvalue weighted by Gasteiger charge is -2.21. The van der Waals surface area contributed by atoms with Crippen molar-refractivity contribution < 1.29 is 9.53 Å². The maximum atomic E-state index is 12.9. The molecule has 0 bridgehead atoms. The van der Waals surface area contributed by atoms with Crippen molar-refractivity contribution in [3.05, 3.63) is 22.2 Å². The molecule has 0 N–H and O–H groups in total. The number of aryl methyl sites for hydroxylation is 1. The highest BCUT2D eigenvalue weighted by Crippen LogP contribution is 2.21. The first-order valence-electron chi connectivity index (χ1n) is 7.27. The Labute approximate surface area is 128 Å². The van der Waals surface area contributed by atoms with Crippen molar-refractivity contribution in [2.24, 2.45) is 0 Å². The third kappa shape index (κ3) is 2.51. The smallest absolute Gasteiger partial charge is 0.330 e. The summed E-state index contributed by atoms with van der Waals surface area (Å²) in [6, 6.07) is -0.732. The van der Waals surface area contributed by atoms with Crippen LogP contribution in [0.1, 0.15) is 45.9 Å². The largest absolute Gasteiger partial charge is 0.467 e. The molecule has 1 unspecified atom stereocenters. The first-order valence-corrected chi connectivity index (χ1v) is 7.27. The molecule has 0 aliphatic carbocycles. The predicted octanol–water partition coefficient (Wildman–Crippen LogP) is 1.78.